The van der Waals surface area contributed by atoms with Gasteiger partial charge >= 0.3 is 12.2 Å². The Bertz CT molecular complexity index is 1280. The van der Waals surface area contributed by atoms with Crippen LogP contribution in [0, 0.1) is 0 Å². The van der Waals surface area contributed by atoms with Gasteiger partial charge in [-0.15, -0.1) is 10.2 Å². The molecule has 0 saturated carbocycles. The minimum Gasteiger partial charge on any atom is -0.337 e. The predicted octanol–water partition coefficient (Wildman–Crippen LogP) is 2.74. The summed E-state index contributed by atoms with van der Waals surface area (Å²) >= 11 is 0. The number of halogens is 3. The molecule has 14 heteroatoms. The lowest BCUT2D eigenvalue weighted by atomic mass is 10.1. The number of alkyl halides is 3. The highest BCUT2D eigenvalue weighted by Gasteiger charge is 2.31. The number of pyridine rings is 1. The quantitative estimate of drug-likeness (QED) is 0.453. The number of carbonyl (C=O) groups is 1. The lowest BCUT2D eigenvalue weighted by molar-refractivity contribution is -0.137. The van der Waals surface area contributed by atoms with Crippen LogP contribution >= 0.6 is 0 Å². The molecular weight excluding hydrogens is 441 g/mol. The maximum Gasteiger partial charge on any atom is 0.417 e. The summed E-state index contributed by atoms with van der Waals surface area (Å²) in [5.74, 6) is 0.761. The minimum absolute atomic E-state index is 0.0948. The van der Waals surface area contributed by atoms with Gasteiger partial charge in [-0.1, -0.05) is 0 Å². The van der Waals surface area contributed by atoms with Crippen molar-refractivity contribution in [1.29, 1.82) is 0 Å². The van der Waals surface area contributed by atoms with E-state index in [-0.39, 0.29) is 29.7 Å². The van der Waals surface area contributed by atoms with Crippen LogP contribution in [-0.2, 0) is 12.6 Å². The number of nitrogens with one attached hydrogen (secondary N) is 2. The fraction of sp³-hybridized carbons (Fsp3) is 0.316. The van der Waals surface area contributed by atoms with Gasteiger partial charge in [-0.2, -0.15) is 18.0 Å². The van der Waals surface area contributed by atoms with Gasteiger partial charge in [-0.25, -0.2) is 9.78 Å². The van der Waals surface area contributed by atoms with E-state index in [0.29, 0.717) is 17.9 Å². The third kappa shape index (κ3) is 5.22. The van der Waals surface area contributed by atoms with Crippen molar-refractivity contribution in [1.82, 2.24) is 44.9 Å². The van der Waals surface area contributed by atoms with Crippen LogP contribution in [0.5, 0.6) is 0 Å². The van der Waals surface area contributed by atoms with E-state index in [4.69, 9.17) is 0 Å². The first kappa shape index (κ1) is 22.1. The van der Waals surface area contributed by atoms with Crippen LogP contribution in [0.3, 0.4) is 0 Å². The Morgan fingerprint density at radius 2 is 2.00 bits per heavy atom. The Balaban J connectivity index is 1.39. The van der Waals surface area contributed by atoms with Crippen LogP contribution in [0.25, 0.3) is 16.9 Å². The predicted molar refractivity (Wildman–Crippen MR) is 110 cm³/mol. The summed E-state index contributed by atoms with van der Waals surface area (Å²) in [7, 11) is 0. The van der Waals surface area contributed by atoms with Crippen molar-refractivity contribution >= 4 is 17.5 Å². The van der Waals surface area contributed by atoms with Gasteiger partial charge in [0.2, 0.25) is 0 Å². The molecule has 4 aromatic rings. The molecule has 4 rings (SSSR count). The minimum atomic E-state index is -4.51. The van der Waals surface area contributed by atoms with Crippen molar-refractivity contribution in [2.75, 3.05) is 11.9 Å². The normalized spacial score (nSPS) is 11.8. The summed E-state index contributed by atoms with van der Waals surface area (Å²) in [6, 6.07) is 0.585. The number of imidazole rings is 1. The topological polar surface area (TPSA) is 128 Å². The second kappa shape index (κ2) is 8.80. The molecule has 172 valence electrons. The molecule has 0 unspecified atom stereocenters. The van der Waals surface area contributed by atoms with Gasteiger partial charge in [-0.3, -0.25) is 15.3 Å². The maximum absolute atomic E-state index is 12.9. The number of nitrogens with zero attached hydrogens (tertiary/aromatic N) is 8. The molecule has 0 fully saturated rings. The molecule has 4 heterocycles. The molecule has 0 aliphatic rings. The Hall–Kier alpha value is -4.10. The summed E-state index contributed by atoms with van der Waals surface area (Å²) in [4.78, 5) is 25.7. The Morgan fingerprint density at radius 3 is 2.73 bits per heavy atom. The Kier molecular flexibility index (Phi) is 5.89. The van der Waals surface area contributed by atoms with Crippen molar-refractivity contribution in [3.05, 3.63) is 48.4 Å². The summed E-state index contributed by atoms with van der Waals surface area (Å²) in [6.45, 7) is 4.15. The summed E-state index contributed by atoms with van der Waals surface area (Å²) in [6.07, 6.45) is 2.37. The van der Waals surface area contributed by atoms with Crippen LogP contribution in [0.15, 0.2) is 37.1 Å². The molecule has 0 radical (unpaired) electrons. The van der Waals surface area contributed by atoms with Crippen molar-refractivity contribution in [2.45, 2.75) is 32.5 Å². The fourth-order valence-corrected chi connectivity index (χ4v) is 2.87. The lowest BCUT2D eigenvalue weighted by Crippen LogP contribution is -2.30. The van der Waals surface area contributed by atoms with E-state index in [9.17, 15) is 18.0 Å². The number of carbonyl (C=O) groups excluding carboxylic acids is 1. The second-order valence-corrected chi connectivity index (χ2v) is 7.37. The van der Waals surface area contributed by atoms with E-state index in [1.807, 2.05) is 13.8 Å². The monoisotopic (exact) mass is 460 g/mol. The molecule has 0 saturated heterocycles. The average Bonchev–Trinajstić information content (AvgIpc) is 3.39. The smallest absolute Gasteiger partial charge is 0.337 e. The van der Waals surface area contributed by atoms with Crippen molar-refractivity contribution in [2.24, 2.45) is 0 Å². The SMILES string of the molecule is CC(C)n1nnc(CCNC(=O)Nc2cn3cc(-c4cncc(C(F)(F)F)c4)ncc3n2)n1. The number of aromatic nitrogens is 8. The first-order chi connectivity index (χ1) is 15.7. The van der Waals surface area contributed by atoms with E-state index in [1.54, 1.807) is 4.40 Å². The molecular formula is C19H19F3N10O. The molecule has 2 amide bonds. The molecule has 0 bridgehead atoms. The number of urea groups is 1. The standard InChI is InChI=1S/C19H19F3N10O/c1-11(2)32-29-15(28-30-32)3-4-24-18(33)27-16-10-31-9-14(25-8-17(31)26-16)12-5-13(7-23-6-12)19(20,21)22/h5-11H,3-4H2,1-2H3,(H2,24,27,33). The van der Waals surface area contributed by atoms with Crippen LogP contribution in [0.2, 0.25) is 0 Å². The molecule has 4 aromatic heterocycles. The van der Waals surface area contributed by atoms with Crippen LogP contribution in [-0.4, -0.2) is 52.1 Å². The van der Waals surface area contributed by atoms with E-state index in [0.717, 1.165) is 12.3 Å². The van der Waals surface area contributed by atoms with E-state index >= 15 is 0 Å². The summed E-state index contributed by atoms with van der Waals surface area (Å²) in [5.41, 5.74) is 0.0177. The van der Waals surface area contributed by atoms with Crippen LogP contribution < -0.4 is 10.6 Å². The van der Waals surface area contributed by atoms with Gasteiger partial charge in [0.15, 0.2) is 17.3 Å². The number of amides is 2. The lowest BCUT2D eigenvalue weighted by Gasteiger charge is -2.07. The van der Waals surface area contributed by atoms with Gasteiger partial charge in [0.1, 0.15) is 0 Å². The van der Waals surface area contributed by atoms with Crippen LogP contribution in [0.1, 0.15) is 31.3 Å². The average molecular weight is 460 g/mol. The number of fused-ring (bicyclic) bond motifs is 1. The van der Waals surface area contributed by atoms with Crippen molar-refractivity contribution in [3.63, 3.8) is 0 Å². The first-order valence-electron chi connectivity index (χ1n) is 9.89. The molecule has 0 aliphatic carbocycles. The number of anilines is 1. The van der Waals surface area contributed by atoms with E-state index in [2.05, 4.69) is 41.0 Å². The van der Waals surface area contributed by atoms with Crippen LogP contribution in [0.4, 0.5) is 23.8 Å². The van der Waals surface area contributed by atoms with Gasteiger partial charge in [0, 0.05) is 37.1 Å². The zero-order valence-electron chi connectivity index (χ0n) is 17.6. The molecule has 0 aliphatic heterocycles. The first-order valence-corrected chi connectivity index (χ1v) is 9.89. The Labute approximate surface area is 185 Å². The van der Waals surface area contributed by atoms with E-state index in [1.165, 1.54) is 29.6 Å². The third-order valence-electron chi connectivity index (χ3n) is 4.51. The molecule has 0 aromatic carbocycles. The molecule has 33 heavy (non-hydrogen) atoms. The highest BCUT2D eigenvalue weighted by atomic mass is 19.4. The number of hydrogen-bond acceptors (Lipinski definition) is 7. The van der Waals surface area contributed by atoms with Gasteiger partial charge in [0.05, 0.1) is 29.7 Å². The maximum atomic E-state index is 12.9. The fourth-order valence-electron chi connectivity index (χ4n) is 2.87. The molecule has 0 atom stereocenters. The number of tetrazole rings is 1. The molecule has 0 spiro atoms. The third-order valence-corrected chi connectivity index (χ3v) is 4.51. The Morgan fingerprint density at radius 1 is 1.18 bits per heavy atom. The van der Waals surface area contributed by atoms with Gasteiger partial charge in [-0.05, 0) is 25.1 Å². The van der Waals surface area contributed by atoms with E-state index < -0.39 is 17.8 Å². The highest BCUT2D eigenvalue weighted by molar-refractivity contribution is 5.88. The largest absolute Gasteiger partial charge is 0.417 e. The zero-order valence-corrected chi connectivity index (χ0v) is 17.6. The summed E-state index contributed by atoms with van der Waals surface area (Å²) < 4.78 is 40.4. The number of hydrogen-bond donors (Lipinski definition) is 2. The highest BCUT2D eigenvalue weighted by Crippen LogP contribution is 2.31. The zero-order chi connectivity index (χ0) is 23.6. The molecule has 2 N–H and O–H groups in total. The van der Waals surface area contributed by atoms with Crippen molar-refractivity contribution in [3.8, 4) is 11.3 Å². The van der Waals surface area contributed by atoms with Gasteiger partial charge in [0.25, 0.3) is 0 Å². The number of rotatable bonds is 6. The second-order valence-electron chi connectivity index (χ2n) is 7.37. The van der Waals surface area contributed by atoms with Crippen molar-refractivity contribution < 1.29 is 18.0 Å². The van der Waals surface area contributed by atoms with Gasteiger partial charge < -0.3 is 9.72 Å². The summed E-state index contributed by atoms with van der Waals surface area (Å²) in [5, 5.41) is 17.3. The molecule has 11 nitrogen and oxygen atoms in total.